The van der Waals surface area contributed by atoms with Gasteiger partial charge in [0.15, 0.2) is 0 Å². The molecule has 0 amide bonds. The van der Waals surface area contributed by atoms with Crippen LogP contribution in [0.3, 0.4) is 0 Å². The fraction of sp³-hybridized carbons (Fsp3) is 0.885. The zero-order chi connectivity index (χ0) is 21.8. The molecule has 2 nitrogen and oxygen atoms in total. The second-order valence-electron chi connectivity index (χ2n) is 8.97. The van der Waals surface area contributed by atoms with Crippen LogP contribution in [0.5, 0.6) is 0 Å². The molecule has 29 heavy (non-hydrogen) atoms. The van der Waals surface area contributed by atoms with E-state index < -0.39 is 11.6 Å². The van der Waals surface area contributed by atoms with Gasteiger partial charge in [0.05, 0.1) is 0 Å². The molecule has 0 fully saturated rings. The molecule has 0 rings (SSSR count). The molecule has 0 heterocycles. The maximum atomic E-state index is 15.5. The monoisotopic (exact) mass is 412 g/mol. The van der Waals surface area contributed by atoms with E-state index in [-0.39, 0.29) is 5.57 Å². The highest BCUT2D eigenvalue weighted by molar-refractivity contribution is 5.86. The SMILES string of the molecule is CCCCCCCCCCCC(F)(C=C(C)C(=O)O)CCCCCCCCCC. The third-order valence-corrected chi connectivity index (χ3v) is 5.95. The fourth-order valence-electron chi connectivity index (χ4n) is 4.00. The van der Waals surface area contributed by atoms with E-state index in [1.165, 1.54) is 96.5 Å². The van der Waals surface area contributed by atoms with Gasteiger partial charge in [0.1, 0.15) is 5.67 Å². The smallest absolute Gasteiger partial charge is 0.331 e. The Morgan fingerprint density at radius 2 is 1.00 bits per heavy atom. The molecule has 0 saturated heterocycles. The van der Waals surface area contributed by atoms with E-state index in [1.807, 2.05) is 0 Å². The summed E-state index contributed by atoms with van der Waals surface area (Å²) in [5.41, 5.74) is -1.31. The van der Waals surface area contributed by atoms with E-state index in [2.05, 4.69) is 13.8 Å². The Hall–Kier alpha value is -0.860. The Kier molecular flexibility index (Phi) is 18.6. The van der Waals surface area contributed by atoms with E-state index >= 15 is 4.39 Å². The molecule has 0 bridgehead atoms. The number of allylic oxidation sites excluding steroid dienone is 1. The predicted molar refractivity (Wildman–Crippen MR) is 124 cm³/mol. The Morgan fingerprint density at radius 3 is 1.31 bits per heavy atom. The van der Waals surface area contributed by atoms with Gasteiger partial charge in [-0.3, -0.25) is 0 Å². The van der Waals surface area contributed by atoms with E-state index in [4.69, 9.17) is 5.11 Å². The van der Waals surface area contributed by atoms with E-state index in [0.29, 0.717) is 12.8 Å². The number of alkyl halides is 1. The number of carboxylic acids is 1. The van der Waals surface area contributed by atoms with Crippen LogP contribution >= 0.6 is 0 Å². The summed E-state index contributed by atoms with van der Waals surface area (Å²) in [7, 11) is 0. The predicted octanol–water partition coefficient (Wildman–Crippen LogP) is 9.18. The number of hydrogen-bond acceptors (Lipinski definition) is 1. The lowest BCUT2D eigenvalue weighted by atomic mass is 9.89. The van der Waals surface area contributed by atoms with Crippen molar-refractivity contribution in [2.45, 2.75) is 148 Å². The molecule has 0 radical (unpaired) electrons. The summed E-state index contributed by atoms with van der Waals surface area (Å²) >= 11 is 0. The lowest BCUT2D eigenvalue weighted by molar-refractivity contribution is -0.132. The minimum Gasteiger partial charge on any atom is -0.478 e. The summed E-state index contributed by atoms with van der Waals surface area (Å²) < 4.78 is 15.5. The Morgan fingerprint density at radius 1 is 0.690 bits per heavy atom. The molecule has 0 aliphatic heterocycles. The number of carboxylic acid groups (broad SMARTS) is 1. The molecule has 3 heteroatoms. The molecule has 1 N–H and O–H groups in total. The first-order valence-corrected chi connectivity index (χ1v) is 12.6. The van der Waals surface area contributed by atoms with Gasteiger partial charge in [-0.1, -0.05) is 110 Å². The number of rotatable bonds is 21. The quantitative estimate of drug-likeness (QED) is 0.151. The zero-order valence-corrected chi connectivity index (χ0v) is 19.7. The first-order chi connectivity index (χ1) is 13.9. The van der Waals surface area contributed by atoms with Crippen LogP contribution in [0.15, 0.2) is 11.6 Å². The second kappa shape index (κ2) is 19.1. The van der Waals surface area contributed by atoms with Gasteiger partial charge < -0.3 is 5.11 Å². The molecule has 1 unspecified atom stereocenters. The van der Waals surface area contributed by atoms with Gasteiger partial charge in [-0.05, 0) is 38.7 Å². The van der Waals surface area contributed by atoms with Crippen LogP contribution in [-0.2, 0) is 4.79 Å². The van der Waals surface area contributed by atoms with Crippen molar-refractivity contribution in [2.24, 2.45) is 0 Å². The summed E-state index contributed by atoms with van der Waals surface area (Å²) in [6.07, 6.45) is 22.7. The van der Waals surface area contributed by atoms with Gasteiger partial charge in [-0.2, -0.15) is 0 Å². The first kappa shape index (κ1) is 28.1. The Labute approximate surface area is 180 Å². The number of aliphatic carboxylic acids is 1. The Balaban J connectivity index is 4.16. The van der Waals surface area contributed by atoms with Gasteiger partial charge >= 0.3 is 5.97 Å². The van der Waals surface area contributed by atoms with Crippen molar-refractivity contribution in [1.29, 1.82) is 0 Å². The highest BCUT2D eigenvalue weighted by Crippen LogP contribution is 2.30. The van der Waals surface area contributed by atoms with Crippen LogP contribution in [0.1, 0.15) is 143 Å². The zero-order valence-electron chi connectivity index (χ0n) is 19.7. The van der Waals surface area contributed by atoms with E-state index in [1.54, 1.807) is 0 Å². The third kappa shape index (κ3) is 17.7. The summed E-state index contributed by atoms with van der Waals surface area (Å²) in [6, 6.07) is 0. The van der Waals surface area contributed by atoms with Crippen molar-refractivity contribution < 1.29 is 14.3 Å². The molecular weight excluding hydrogens is 363 g/mol. The van der Waals surface area contributed by atoms with Crippen LogP contribution in [0.2, 0.25) is 0 Å². The van der Waals surface area contributed by atoms with Crippen molar-refractivity contribution in [3.8, 4) is 0 Å². The highest BCUT2D eigenvalue weighted by Gasteiger charge is 2.27. The second-order valence-corrected chi connectivity index (χ2v) is 8.97. The van der Waals surface area contributed by atoms with Crippen LogP contribution in [0.25, 0.3) is 0 Å². The number of hydrogen-bond donors (Lipinski definition) is 1. The summed E-state index contributed by atoms with van der Waals surface area (Å²) in [6.45, 7) is 5.97. The van der Waals surface area contributed by atoms with Crippen LogP contribution in [0.4, 0.5) is 4.39 Å². The van der Waals surface area contributed by atoms with Crippen molar-refractivity contribution in [3.05, 3.63) is 11.6 Å². The molecule has 0 aromatic carbocycles. The number of unbranched alkanes of at least 4 members (excludes halogenated alkanes) is 15. The van der Waals surface area contributed by atoms with Crippen LogP contribution in [-0.4, -0.2) is 16.7 Å². The van der Waals surface area contributed by atoms with Gasteiger partial charge in [-0.25, -0.2) is 9.18 Å². The van der Waals surface area contributed by atoms with Gasteiger partial charge in [0, 0.05) is 5.57 Å². The molecule has 0 aromatic rings. The van der Waals surface area contributed by atoms with Gasteiger partial charge in [0.2, 0.25) is 0 Å². The highest BCUT2D eigenvalue weighted by atomic mass is 19.1. The molecule has 0 aromatic heterocycles. The van der Waals surface area contributed by atoms with Gasteiger partial charge in [0.25, 0.3) is 0 Å². The molecule has 0 aliphatic rings. The largest absolute Gasteiger partial charge is 0.478 e. The number of halogens is 1. The van der Waals surface area contributed by atoms with Crippen molar-refractivity contribution in [1.82, 2.24) is 0 Å². The molecule has 172 valence electrons. The fourth-order valence-corrected chi connectivity index (χ4v) is 4.00. The maximum Gasteiger partial charge on any atom is 0.331 e. The van der Waals surface area contributed by atoms with E-state index in [9.17, 15) is 4.79 Å². The maximum absolute atomic E-state index is 15.5. The van der Waals surface area contributed by atoms with E-state index in [0.717, 1.165) is 25.7 Å². The minimum atomic E-state index is -1.45. The first-order valence-electron chi connectivity index (χ1n) is 12.6. The Bertz CT molecular complexity index is 419. The standard InChI is InChI=1S/C26H49FO2/c1-4-6-8-10-12-14-16-18-20-22-26(27,23-24(3)25(28)29)21-19-17-15-13-11-9-7-5-2/h23H,4-22H2,1-3H3,(H,28,29). The summed E-state index contributed by atoms with van der Waals surface area (Å²) in [5, 5.41) is 9.15. The average molecular weight is 413 g/mol. The summed E-state index contributed by atoms with van der Waals surface area (Å²) in [5.74, 6) is -1.00. The van der Waals surface area contributed by atoms with Crippen LogP contribution in [0, 0.1) is 0 Å². The lowest BCUT2D eigenvalue weighted by Gasteiger charge is -2.22. The minimum absolute atomic E-state index is 0.142. The van der Waals surface area contributed by atoms with Gasteiger partial charge in [-0.15, -0.1) is 0 Å². The molecule has 0 spiro atoms. The topological polar surface area (TPSA) is 37.3 Å². The van der Waals surface area contributed by atoms with Crippen molar-refractivity contribution >= 4 is 5.97 Å². The van der Waals surface area contributed by atoms with Crippen LogP contribution < -0.4 is 0 Å². The molecule has 0 saturated carbocycles. The molecule has 1 atom stereocenters. The third-order valence-electron chi connectivity index (χ3n) is 5.95. The lowest BCUT2D eigenvalue weighted by Crippen LogP contribution is -2.21. The van der Waals surface area contributed by atoms with Crippen molar-refractivity contribution in [2.75, 3.05) is 0 Å². The average Bonchev–Trinajstić information content (AvgIpc) is 2.68. The molecular formula is C26H49FO2. The summed E-state index contributed by atoms with van der Waals surface area (Å²) in [4.78, 5) is 11.2. The molecule has 0 aliphatic carbocycles. The van der Waals surface area contributed by atoms with Crippen molar-refractivity contribution in [3.63, 3.8) is 0 Å². The number of carbonyl (C=O) groups is 1. The normalized spacial score (nSPS) is 14.1.